The molecule has 0 aromatic heterocycles. The molecule has 8 heteroatoms. The summed E-state index contributed by atoms with van der Waals surface area (Å²) in [6, 6.07) is 0.930. The van der Waals surface area contributed by atoms with Crippen molar-refractivity contribution >= 4 is 9.76 Å². The quantitative estimate of drug-likeness (QED) is 0.195. The molecule has 3 aliphatic rings. The molecule has 3 atom stereocenters. The lowest BCUT2D eigenvalue weighted by Crippen LogP contribution is -2.42. The van der Waals surface area contributed by atoms with Crippen LogP contribution in [0.2, 0.25) is 6.04 Å². The van der Waals surface area contributed by atoms with Crippen LogP contribution in [0.1, 0.15) is 6.42 Å². The van der Waals surface area contributed by atoms with Gasteiger partial charge in [-0.3, -0.25) is 0 Å². The first kappa shape index (κ1) is 15.8. The third kappa shape index (κ3) is 5.91. The summed E-state index contributed by atoms with van der Waals surface area (Å²) in [4.78, 5) is 0. The first-order valence-corrected chi connectivity index (χ1v) is 9.13. The molecule has 3 rings (SSSR count). The molecule has 3 fully saturated rings. The molecule has 0 saturated carbocycles. The molecule has 7 nitrogen and oxygen atoms in total. The van der Waals surface area contributed by atoms with Gasteiger partial charge in [0.1, 0.15) is 18.3 Å². The fraction of sp³-hybridized carbons (Fsp3) is 1.00. The summed E-state index contributed by atoms with van der Waals surface area (Å²) in [6.07, 6.45) is 1.18. The zero-order valence-electron chi connectivity index (χ0n) is 12.5. The summed E-state index contributed by atoms with van der Waals surface area (Å²) in [6.45, 7) is 3.73. The van der Waals surface area contributed by atoms with Crippen LogP contribution in [0.5, 0.6) is 0 Å². The van der Waals surface area contributed by atoms with Gasteiger partial charge in [-0.2, -0.15) is 0 Å². The molecule has 0 spiro atoms. The normalized spacial score (nSPS) is 33.3. The lowest BCUT2D eigenvalue weighted by atomic mass is 10.3. The van der Waals surface area contributed by atoms with Crippen molar-refractivity contribution in [2.45, 2.75) is 36.7 Å². The average molecular weight is 320 g/mol. The van der Waals surface area contributed by atoms with E-state index >= 15 is 0 Å². The van der Waals surface area contributed by atoms with Crippen molar-refractivity contribution in [3.63, 3.8) is 0 Å². The molecule has 0 bridgehead atoms. The molecule has 0 radical (unpaired) electrons. The molecule has 0 aromatic carbocycles. The summed E-state index contributed by atoms with van der Waals surface area (Å²) < 4.78 is 38.7. The molecule has 0 aromatic rings. The fourth-order valence-corrected chi connectivity index (χ4v) is 2.79. The molecule has 3 aliphatic heterocycles. The first-order chi connectivity index (χ1) is 10.3. The molecule has 0 amide bonds. The van der Waals surface area contributed by atoms with Gasteiger partial charge >= 0.3 is 0 Å². The van der Waals surface area contributed by atoms with E-state index in [4.69, 9.17) is 32.8 Å². The summed E-state index contributed by atoms with van der Waals surface area (Å²) in [5.74, 6) is -1.02. The van der Waals surface area contributed by atoms with E-state index in [0.29, 0.717) is 26.2 Å². The lowest BCUT2D eigenvalue weighted by molar-refractivity contribution is -0.383. The second-order valence-corrected chi connectivity index (χ2v) is 7.27. The van der Waals surface area contributed by atoms with E-state index in [9.17, 15) is 0 Å². The Labute approximate surface area is 127 Å². The van der Waals surface area contributed by atoms with Gasteiger partial charge in [0, 0.05) is 13.5 Å². The minimum Gasteiger partial charge on any atom is -0.427 e. The van der Waals surface area contributed by atoms with E-state index < -0.39 is 15.7 Å². The van der Waals surface area contributed by atoms with Gasteiger partial charge in [-0.1, -0.05) is 0 Å². The number of epoxide rings is 3. The van der Waals surface area contributed by atoms with E-state index in [1.807, 2.05) is 0 Å². The Morgan fingerprint density at radius 3 is 1.67 bits per heavy atom. The zero-order valence-corrected chi connectivity index (χ0v) is 13.9. The van der Waals surface area contributed by atoms with Crippen LogP contribution in [0.4, 0.5) is 0 Å². The highest BCUT2D eigenvalue weighted by atomic mass is 28.2. The third-order valence-corrected chi connectivity index (χ3v) is 4.56. The van der Waals surface area contributed by atoms with Crippen molar-refractivity contribution in [2.75, 3.05) is 46.8 Å². The smallest absolute Gasteiger partial charge is 0.282 e. The lowest BCUT2D eigenvalue weighted by Gasteiger charge is -2.33. The van der Waals surface area contributed by atoms with Crippen LogP contribution in [-0.2, 0) is 32.8 Å². The standard InChI is InChI=1S/C13H24O7Si/c1-14-21-3-2-13(18-7-10-4-15-10,19-8-11-5-16-11)20-9-12-6-17-12/h10-12H,2-9,21H2,1H3. The second-order valence-electron chi connectivity index (χ2n) is 5.58. The van der Waals surface area contributed by atoms with Gasteiger partial charge in [-0.05, 0) is 6.04 Å². The van der Waals surface area contributed by atoms with E-state index in [1.54, 1.807) is 7.11 Å². The van der Waals surface area contributed by atoms with Crippen LogP contribution < -0.4 is 0 Å². The maximum atomic E-state index is 5.94. The molecular formula is C13H24O7Si. The Balaban J connectivity index is 1.52. The highest BCUT2D eigenvalue weighted by molar-refractivity contribution is 6.26. The SMILES string of the molecule is CO[SiH2]CCC(OCC1CO1)(OCC1CO1)OCC1CO1. The molecule has 21 heavy (non-hydrogen) atoms. The molecule has 3 unspecified atom stereocenters. The van der Waals surface area contributed by atoms with Crippen LogP contribution in [0.25, 0.3) is 0 Å². The van der Waals surface area contributed by atoms with Crippen molar-refractivity contribution in [1.82, 2.24) is 0 Å². The average Bonchev–Trinajstić information content (AvgIpc) is 3.37. The summed E-state index contributed by atoms with van der Waals surface area (Å²) in [5, 5.41) is 0. The van der Waals surface area contributed by atoms with Gasteiger partial charge in [-0.15, -0.1) is 0 Å². The molecule has 3 saturated heterocycles. The Morgan fingerprint density at radius 1 is 0.905 bits per heavy atom. The van der Waals surface area contributed by atoms with E-state index in [-0.39, 0.29) is 18.3 Å². The Hall–Kier alpha value is -0.0631. The fourth-order valence-electron chi connectivity index (χ4n) is 1.93. The van der Waals surface area contributed by atoms with Crippen LogP contribution in [0.15, 0.2) is 0 Å². The van der Waals surface area contributed by atoms with E-state index in [0.717, 1.165) is 25.9 Å². The Kier molecular flexibility index (Phi) is 5.63. The molecule has 3 heterocycles. The largest absolute Gasteiger partial charge is 0.427 e. The number of hydrogen-bond donors (Lipinski definition) is 0. The van der Waals surface area contributed by atoms with Crippen molar-refractivity contribution in [2.24, 2.45) is 0 Å². The summed E-state index contributed by atoms with van der Waals surface area (Å²) in [5.41, 5.74) is 0. The van der Waals surface area contributed by atoms with Gasteiger partial charge in [0.05, 0.1) is 39.6 Å². The highest BCUT2D eigenvalue weighted by Gasteiger charge is 2.40. The monoisotopic (exact) mass is 320 g/mol. The highest BCUT2D eigenvalue weighted by Crippen LogP contribution is 2.28. The van der Waals surface area contributed by atoms with Gasteiger partial charge in [0.25, 0.3) is 5.97 Å². The van der Waals surface area contributed by atoms with Gasteiger partial charge in [0.15, 0.2) is 9.76 Å². The summed E-state index contributed by atoms with van der Waals surface area (Å²) in [7, 11) is 1.19. The molecule has 0 aliphatic carbocycles. The number of ether oxygens (including phenoxy) is 6. The predicted octanol–water partition coefficient (Wildman–Crippen LogP) is -0.575. The minimum absolute atomic E-state index is 0.172. The van der Waals surface area contributed by atoms with Crippen molar-refractivity contribution in [3.05, 3.63) is 0 Å². The number of rotatable bonds is 13. The minimum atomic E-state index is -1.02. The van der Waals surface area contributed by atoms with Gasteiger partial charge in [-0.25, -0.2) is 0 Å². The first-order valence-electron chi connectivity index (χ1n) is 7.55. The maximum Gasteiger partial charge on any atom is 0.282 e. The van der Waals surface area contributed by atoms with E-state index in [1.165, 1.54) is 0 Å². The molecule has 0 N–H and O–H groups in total. The van der Waals surface area contributed by atoms with Crippen LogP contribution >= 0.6 is 0 Å². The number of hydrogen-bond acceptors (Lipinski definition) is 7. The molecule has 122 valence electrons. The summed E-state index contributed by atoms with van der Waals surface area (Å²) >= 11 is 0. The Bertz CT molecular complexity index is 277. The zero-order chi connectivity index (χ0) is 14.5. The predicted molar refractivity (Wildman–Crippen MR) is 74.8 cm³/mol. The van der Waals surface area contributed by atoms with Crippen LogP contribution in [0, 0.1) is 0 Å². The topological polar surface area (TPSA) is 74.5 Å². The second kappa shape index (κ2) is 7.47. The maximum absolute atomic E-state index is 5.94. The third-order valence-electron chi connectivity index (χ3n) is 3.51. The Morgan fingerprint density at radius 2 is 1.33 bits per heavy atom. The van der Waals surface area contributed by atoms with Crippen molar-refractivity contribution < 1.29 is 32.8 Å². The van der Waals surface area contributed by atoms with Gasteiger partial charge in [0.2, 0.25) is 0 Å². The van der Waals surface area contributed by atoms with E-state index in [2.05, 4.69) is 0 Å². The van der Waals surface area contributed by atoms with Gasteiger partial charge < -0.3 is 32.8 Å². The van der Waals surface area contributed by atoms with Crippen molar-refractivity contribution in [3.8, 4) is 0 Å². The van der Waals surface area contributed by atoms with Crippen LogP contribution in [-0.4, -0.2) is 80.8 Å². The van der Waals surface area contributed by atoms with Crippen LogP contribution in [0.3, 0.4) is 0 Å². The molecular weight excluding hydrogens is 296 g/mol. The van der Waals surface area contributed by atoms with Crippen molar-refractivity contribution in [1.29, 1.82) is 0 Å².